The molecule has 0 aliphatic carbocycles. The van der Waals surface area contributed by atoms with Crippen LogP contribution in [0.25, 0.3) is 0 Å². The number of ether oxygens (including phenoxy) is 2. The molecule has 2 rings (SSSR count). The maximum absolute atomic E-state index is 5.81. The minimum absolute atomic E-state index is 0.313. The average Bonchev–Trinajstić information content (AvgIpc) is 2.79. The molecular weight excluding hydrogens is 308 g/mol. The molecule has 1 fully saturated rings. The second-order valence-corrected chi connectivity index (χ2v) is 5.84. The molecule has 5 heteroatoms. The lowest BCUT2D eigenvalue weighted by molar-refractivity contribution is 0.295. The number of benzene rings is 1. The Balaban J connectivity index is 2.43. The third kappa shape index (κ3) is 2.73. The highest BCUT2D eigenvalue weighted by Crippen LogP contribution is 2.45. The van der Waals surface area contributed by atoms with Crippen molar-refractivity contribution in [3.63, 3.8) is 0 Å². The normalized spacial score (nSPS) is 23.6. The first-order valence-corrected chi connectivity index (χ1v) is 7.22. The van der Waals surface area contributed by atoms with Gasteiger partial charge in [0, 0.05) is 22.6 Å². The Bertz CT molecular complexity index is 453. The van der Waals surface area contributed by atoms with E-state index in [-0.39, 0.29) is 0 Å². The van der Waals surface area contributed by atoms with Crippen LogP contribution in [0.4, 0.5) is 0 Å². The fourth-order valence-electron chi connectivity index (χ4n) is 2.85. The molecule has 2 unspecified atom stereocenters. The molecule has 0 saturated carbocycles. The summed E-state index contributed by atoms with van der Waals surface area (Å²) in [5.74, 6) is 2.12. The van der Waals surface area contributed by atoms with Gasteiger partial charge in [0.1, 0.15) is 0 Å². The molecule has 106 valence electrons. The van der Waals surface area contributed by atoms with E-state index in [1.165, 1.54) is 0 Å². The topological polar surface area (TPSA) is 47.7 Å². The van der Waals surface area contributed by atoms with E-state index in [9.17, 15) is 0 Å². The van der Waals surface area contributed by atoms with E-state index in [0.29, 0.717) is 12.0 Å². The molecule has 1 heterocycles. The summed E-state index contributed by atoms with van der Waals surface area (Å²) in [5, 5.41) is 0. The predicted molar refractivity (Wildman–Crippen MR) is 79.8 cm³/mol. The Morgan fingerprint density at radius 2 is 2.11 bits per heavy atom. The van der Waals surface area contributed by atoms with Crippen LogP contribution in [0.2, 0.25) is 0 Å². The molecule has 0 spiro atoms. The quantitative estimate of drug-likeness (QED) is 0.922. The zero-order valence-electron chi connectivity index (χ0n) is 11.6. The Morgan fingerprint density at radius 3 is 2.63 bits per heavy atom. The SMILES string of the molecule is COc1ccc(Br)c(C2CC(CN)CN2C)c1OC. The number of halogens is 1. The van der Waals surface area contributed by atoms with Crippen LogP contribution in [-0.2, 0) is 0 Å². The first-order valence-electron chi connectivity index (χ1n) is 6.43. The maximum Gasteiger partial charge on any atom is 0.166 e. The molecule has 1 aromatic carbocycles. The van der Waals surface area contributed by atoms with Gasteiger partial charge >= 0.3 is 0 Å². The summed E-state index contributed by atoms with van der Waals surface area (Å²) in [6, 6.07) is 4.25. The lowest BCUT2D eigenvalue weighted by Crippen LogP contribution is -2.21. The fraction of sp³-hybridized carbons (Fsp3) is 0.571. The van der Waals surface area contributed by atoms with Gasteiger partial charge < -0.3 is 15.2 Å². The van der Waals surface area contributed by atoms with Gasteiger partial charge in [0.25, 0.3) is 0 Å². The van der Waals surface area contributed by atoms with E-state index in [4.69, 9.17) is 15.2 Å². The second kappa shape index (κ2) is 6.11. The van der Waals surface area contributed by atoms with Crippen molar-refractivity contribution in [2.75, 3.05) is 34.4 Å². The molecule has 0 aromatic heterocycles. The smallest absolute Gasteiger partial charge is 0.166 e. The lowest BCUT2D eigenvalue weighted by atomic mass is 9.98. The lowest BCUT2D eigenvalue weighted by Gasteiger charge is -2.24. The summed E-state index contributed by atoms with van der Waals surface area (Å²) in [5.41, 5.74) is 6.96. The number of nitrogens with two attached hydrogens (primary N) is 1. The molecule has 4 nitrogen and oxygen atoms in total. The standard InChI is InChI=1S/C14H21BrN2O2/c1-17-8-9(7-16)6-11(17)13-10(15)4-5-12(18-2)14(13)19-3/h4-5,9,11H,6-8,16H2,1-3H3. The number of rotatable bonds is 4. The van der Waals surface area contributed by atoms with Gasteiger partial charge in [0.2, 0.25) is 0 Å². The van der Waals surface area contributed by atoms with Crippen molar-refractivity contribution >= 4 is 15.9 Å². The molecule has 1 aliphatic heterocycles. The van der Waals surface area contributed by atoms with Gasteiger partial charge in [0.05, 0.1) is 14.2 Å². The van der Waals surface area contributed by atoms with Crippen LogP contribution in [0.5, 0.6) is 11.5 Å². The number of methoxy groups -OCH3 is 2. The van der Waals surface area contributed by atoms with Crippen LogP contribution >= 0.6 is 15.9 Å². The van der Waals surface area contributed by atoms with Crippen LogP contribution in [0.1, 0.15) is 18.0 Å². The van der Waals surface area contributed by atoms with Gasteiger partial charge in [-0.25, -0.2) is 0 Å². The van der Waals surface area contributed by atoms with Crippen molar-refractivity contribution in [2.45, 2.75) is 12.5 Å². The summed E-state index contributed by atoms with van der Waals surface area (Å²) in [6.45, 7) is 1.75. The van der Waals surface area contributed by atoms with E-state index in [2.05, 4.69) is 27.9 Å². The zero-order valence-corrected chi connectivity index (χ0v) is 13.2. The van der Waals surface area contributed by atoms with Crippen molar-refractivity contribution in [1.82, 2.24) is 4.90 Å². The van der Waals surface area contributed by atoms with Crippen LogP contribution in [0, 0.1) is 5.92 Å². The molecule has 1 saturated heterocycles. The molecular formula is C14H21BrN2O2. The first-order chi connectivity index (χ1) is 9.12. The van der Waals surface area contributed by atoms with E-state index >= 15 is 0 Å². The van der Waals surface area contributed by atoms with Crippen molar-refractivity contribution in [1.29, 1.82) is 0 Å². The van der Waals surface area contributed by atoms with Crippen molar-refractivity contribution in [3.8, 4) is 11.5 Å². The van der Waals surface area contributed by atoms with Crippen LogP contribution in [0.3, 0.4) is 0 Å². The Labute approximate surface area is 123 Å². The van der Waals surface area contributed by atoms with E-state index < -0.39 is 0 Å². The largest absolute Gasteiger partial charge is 0.493 e. The second-order valence-electron chi connectivity index (χ2n) is 4.99. The van der Waals surface area contributed by atoms with Crippen molar-refractivity contribution in [2.24, 2.45) is 11.7 Å². The van der Waals surface area contributed by atoms with Crippen molar-refractivity contribution < 1.29 is 9.47 Å². The van der Waals surface area contributed by atoms with Crippen LogP contribution in [-0.4, -0.2) is 39.3 Å². The summed E-state index contributed by atoms with van der Waals surface area (Å²) in [7, 11) is 5.48. The van der Waals surface area contributed by atoms with Gasteiger partial charge in [0.15, 0.2) is 11.5 Å². The third-order valence-corrected chi connectivity index (χ3v) is 4.52. The molecule has 2 atom stereocenters. The molecule has 19 heavy (non-hydrogen) atoms. The fourth-order valence-corrected chi connectivity index (χ4v) is 3.43. The van der Waals surface area contributed by atoms with E-state index in [1.807, 2.05) is 12.1 Å². The highest BCUT2D eigenvalue weighted by molar-refractivity contribution is 9.10. The average molecular weight is 329 g/mol. The number of hydrogen-bond donors (Lipinski definition) is 1. The number of hydrogen-bond acceptors (Lipinski definition) is 4. The predicted octanol–water partition coefficient (Wildman–Crippen LogP) is 2.42. The molecule has 2 N–H and O–H groups in total. The highest BCUT2D eigenvalue weighted by Gasteiger charge is 2.33. The van der Waals surface area contributed by atoms with Crippen LogP contribution < -0.4 is 15.2 Å². The Hall–Kier alpha value is -0.780. The summed E-state index contributed by atoms with van der Waals surface area (Å²) in [4.78, 5) is 2.33. The molecule has 1 aliphatic rings. The van der Waals surface area contributed by atoms with Gasteiger partial charge in [-0.3, -0.25) is 4.90 Å². The maximum atomic E-state index is 5.81. The Kier molecular flexibility index (Phi) is 4.71. The molecule has 0 bridgehead atoms. The monoisotopic (exact) mass is 328 g/mol. The van der Waals surface area contributed by atoms with E-state index in [1.54, 1.807) is 14.2 Å². The first kappa shape index (κ1) is 14.6. The summed E-state index contributed by atoms with van der Waals surface area (Å²) in [6.07, 6.45) is 1.05. The third-order valence-electron chi connectivity index (χ3n) is 3.83. The summed E-state index contributed by atoms with van der Waals surface area (Å²) >= 11 is 3.64. The minimum atomic E-state index is 0.313. The van der Waals surface area contributed by atoms with Crippen molar-refractivity contribution in [3.05, 3.63) is 22.2 Å². The minimum Gasteiger partial charge on any atom is -0.493 e. The van der Waals surface area contributed by atoms with Gasteiger partial charge in [-0.2, -0.15) is 0 Å². The van der Waals surface area contributed by atoms with Gasteiger partial charge in [-0.1, -0.05) is 15.9 Å². The van der Waals surface area contributed by atoms with Gasteiger partial charge in [-0.15, -0.1) is 0 Å². The zero-order chi connectivity index (χ0) is 14.0. The molecule has 0 radical (unpaired) electrons. The van der Waals surface area contributed by atoms with Gasteiger partial charge in [-0.05, 0) is 38.1 Å². The van der Waals surface area contributed by atoms with E-state index in [0.717, 1.165) is 41.0 Å². The summed E-state index contributed by atoms with van der Waals surface area (Å²) < 4.78 is 12.0. The van der Waals surface area contributed by atoms with Crippen LogP contribution in [0.15, 0.2) is 16.6 Å². The number of nitrogens with zero attached hydrogens (tertiary/aromatic N) is 1. The molecule has 1 aromatic rings. The highest BCUT2D eigenvalue weighted by atomic mass is 79.9. The number of likely N-dealkylation sites (tertiary alicyclic amines) is 1. The molecule has 0 amide bonds. The Morgan fingerprint density at radius 1 is 1.37 bits per heavy atom.